The van der Waals surface area contributed by atoms with Crippen LogP contribution in [0.1, 0.15) is 37.2 Å². The number of benzene rings is 1. The minimum atomic E-state index is -0.114. The Kier molecular flexibility index (Phi) is 5.25. The molecule has 144 valence electrons. The van der Waals surface area contributed by atoms with Crippen molar-refractivity contribution in [2.45, 2.75) is 31.6 Å². The molecule has 2 amide bonds. The van der Waals surface area contributed by atoms with Crippen molar-refractivity contribution < 1.29 is 9.53 Å². The molecule has 2 heterocycles. The van der Waals surface area contributed by atoms with Crippen molar-refractivity contribution in [2.75, 3.05) is 25.0 Å². The van der Waals surface area contributed by atoms with E-state index in [1.807, 2.05) is 30.4 Å². The first kappa shape index (κ1) is 18.2. The topological polar surface area (TPSA) is 59.4 Å². The largest absolute Gasteiger partial charge is 0.491 e. The third-order valence-corrected chi connectivity index (χ3v) is 5.79. The van der Waals surface area contributed by atoms with Crippen LogP contribution in [-0.2, 0) is 7.05 Å². The van der Waals surface area contributed by atoms with Crippen LogP contribution in [-0.4, -0.2) is 40.4 Å². The van der Waals surface area contributed by atoms with Gasteiger partial charge in [-0.1, -0.05) is 18.0 Å². The van der Waals surface area contributed by atoms with E-state index in [9.17, 15) is 4.79 Å². The summed E-state index contributed by atoms with van der Waals surface area (Å²) in [5.41, 5.74) is 1.82. The van der Waals surface area contributed by atoms with Gasteiger partial charge in [0.25, 0.3) is 0 Å². The Morgan fingerprint density at radius 1 is 1.37 bits per heavy atom. The second kappa shape index (κ2) is 7.80. The van der Waals surface area contributed by atoms with Gasteiger partial charge in [0.15, 0.2) is 0 Å². The average molecular weight is 389 g/mol. The SMILES string of the molecule is Cn1cc(C2CCN(C(=O)Nc3cc(Cl)ccc3OCC3CCC3)C2)cn1. The van der Waals surface area contributed by atoms with Crippen LogP contribution in [0.15, 0.2) is 30.6 Å². The first-order valence-corrected chi connectivity index (χ1v) is 9.93. The van der Waals surface area contributed by atoms with Crippen molar-refractivity contribution in [3.05, 3.63) is 41.2 Å². The van der Waals surface area contributed by atoms with E-state index >= 15 is 0 Å². The summed E-state index contributed by atoms with van der Waals surface area (Å²) in [6.45, 7) is 2.11. The second-order valence-electron chi connectivity index (χ2n) is 7.56. The van der Waals surface area contributed by atoms with E-state index in [-0.39, 0.29) is 6.03 Å². The number of ether oxygens (including phenoxy) is 1. The maximum absolute atomic E-state index is 12.8. The van der Waals surface area contributed by atoms with E-state index in [0.717, 1.165) is 13.0 Å². The predicted octanol–water partition coefficient (Wildman–Crippen LogP) is 4.27. The van der Waals surface area contributed by atoms with E-state index < -0.39 is 0 Å². The van der Waals surface area contributed by atoms with Gasteiger partial charge in [-0.05, 0) is 48.9 Å². The molecule has 0 bridgehead atoms. The van der Waals surface area contributed by atoms with Gasteiger partial charge in [0.2, 0.25) is 0 Å². The fourth-order valence-corrected chi connectivity index (χ4v) is 3.83. The molecule has 4 rings (SSSR count). The minimum Gasteiger partial charge on any atom is -0.491 e. The number of likely N-dealkylation sites (tertiary alicyclic amines) is 1. The fourth-order valence-electron chi connectivity index (χ4n) is 3.65. The smallest absolute Gasteiger partial charge is 0.321 e. The number of carbonyl (C=O) groups is 1. The van der Waals surface area contributed by atoms with E-state index in [4.69, 9.17) is 16.3 Å². The number of nitrogens with one attached hydrogen (secondary N) is 1. The van der Waals surface area contributed by atoms with Gasteiger partial charge in [0, 0.05) is 37.3 Å². The molecule has 1 N–H and O–H groups in total. The molecule has 7 heteroatoms. The Morgan fingerprint density at radius 2 is 2.22 bits per heavy atom. The van der Waals surface area contributed by atoms with Crippen LogP contribution in [0.5, 0.6) is 5.75 Å². The molecular weight excluding hydrogens is 364 g/mol. The molecule has 27 heavy (non-hydrogen) atoms. The molecule has 1 unspecified atom stereocenters. The first-order valence-electron chi connectivity index (χ1n) is 9.55. The van der Waals surface area contributed by atoms with E-state index in [2.05, 4.69) is 10.4 Å². The number of halogens is 1. The number of amides is 2. The molecule has 2 aromatic rings. The van der Waals surface area contributed by atoms with Crippen LogP contribution in [0.2, 0.25) is 5.02 Å². The van der Waals surface area contributed by atoms with Gasteiger partial charge < -0.3 is 15.0 Å². The summed E-state index contributed by atoms with van der Waals surface area (Å²) in [5.74, 6) is 1.64. The minimum absolute atomic E-state index is 0.114. The quantitative estimate of drug-likeness (QED) is 0.831. The van der Waals surface area contributed by atoms with Gasteiger partial charge in [-0.25, -0.2) is 4.79 Å². The third kappa shape index (κ3) is 4.21. The number of rotatable bonds is 5. The average Bonchev–Trinajstić information content (AvgIpc) is 3.24. The highest BCUT2D eigenvalue weighted by molar-refractivity contribution is 6.31. The second-order valence-corrected chi connectivity index (χ2v) is 7.99. The van der Waals surface area contributed by atoms with Gasteiger partial charge in [-0.15, -0.1) is 0 Å². The molecule has 6 nitrogen and oxygen atoms in total. The molecular formula is C20H25ClN4O2. The summed E-state index contributed by atoms with van der Waals surface area (Å²) >= 11 is 6.14. The number of carbonyl (C=O) groups excluding carboxylic acids is 1. The number of urea groups is 1. The van der Waals surface area contributed by atoms with Crippen molar-refractivity contribution in [1.29, 1.82) is 0 Å². The van der Waals surface area contributed by atoms with Crippen molar-refractivity contribution in [1.82, 2.24) is 14.7 Å². The maximum atomic E-state index is 12.8. The van der Waals surface area contributed by atoms with Crippen molar-refractivity contribution in [3.63, 3.8) is 0 Å². The highest BCUT2D eigenvalue weighted by Gasteiger charge is 2.28. The number of aryl methyl sites for hydroxylation is 1. The zero-order chi connectivity index (χ0) is 18.8. The van der Waals surface area contributed by atoms with Crippen molar-refractivity contribution >= 4 is 23.3 Å². The summed E-state index contributed by atoms with van der Waals surface area (Å²) < 4.78 is 7.75. The molecule has 0 spiro atoms. The zero-order valence-corrected chi connectivity index (χ0v) is 16.3. The Balaban J connectivity index is 1.39. The van der Waals surface area contributed by atoms with Gasteiger partial charge in [-0.3, -0.25) is 4.68 Å². The van der Waals surface area contributed by atoms with Crippen molar-refractivity contribution in [3.8, 4) is 5.75 Å². The molecule has 1 saturated heterocycles. The number of nitrogens with zero attached hydrogens (tertiary/aromatic N) is 3. The van der Waals surface area contributed by atoms with Crippen LogP contribution in [0, 0.1) is 5.92 Å². The van der Waals surface area contributed by atoms with Gasteiger partial charge in [0.05, 0.1) is 18.5 Å². The van der Waals surface area contributed by atoms with Crippen LogP contribution in [0.4, 0.5) is 10.5 Å². The summed E-state index contributed by atoms with van der Waals surface area (Å²) in [6, 6.07) is 5.27. The molecule has 1 aromatic carbocycles. The van der Waals surface area contributed by atoms with Crippen molar-refractivity contribution in [2.24, 2.45) is 13.0 Å². The van der Waals surface area contributed by atoms with Crippen LogP contribution < -0.4 is 10.1 Å². The van der Waals surface area contributed by atoms with E-state index in [1.54, 1.807) is 16.8 Å². The lowest BCUT2D eigenvalue weighted by Gasteiger charge is -2.26. The number of hydrogen-bond donors (Lipinski definition) is 1. The molecule has 1 saturated carbocycles. The Labute approximate surface area is 164 Å². The number of aromatic nitrogens is 2. The summed E-state index contributed by atoms with van der Waals surface area (Å²) in [5, 5.41) is 7.80. The molecule has 0 radical (unpaired) electrons. The third-order valence-electron chi connectivity index (χ3n) is 5.55. The van der Waals surface area contributed by atoms with Crippen LogP contribution in [0.3, 0.4) is 0 Å². The maximum Gasteiger partial charge on any atom is 0.321 e. The molecule has 2 fully saturated rings. The molecule has 1 aliphatic carbocycles. The monoisotopic (exact) mass is 388 g/mol. The Bertz CT molecular complexity index is 818. The molecule has 1 aromatic heterocycles. The highest BCUT2D eigenvalue weighted by atomic mass is 35.5. The number of anilines is 1. The van der Waals surface area contributed by atoms with Gasteiger partial charge in [-0.2, -0.15) is 5.10 Å². The summed E-state index contributed by atoms with van der Waals surface area (Å²) in [4.78, 5) is 14.6. The first-order chi connectivity index (χ1) is 13.1. The van der Waals surface area contributed by atoms with Gasteiger partial charge in [0.1, 0.15) is 5.75 Å². The highest BCUT2D eigenvalue weighted by Crippen LogP contribution is 2.33. The predicted molar refractivity (Wildman–Crippen MR) is 105 cm³/mol. The zero-order valence-electron chi connectivity index (χ0n) is 15.5. The van der Waals surface area contributed by atoms with Crippen LogP contribution in [0.25, 0.3) is 0 Å². The standard InChI is InChI=1S/C20H25ClN4O2/c1-24-11-16(10-22-24)15-7-8-25(12-15)20(26)23-18-9-17(21)5-6-19(18)27-13-14-3-2-4-14/h5-6,9-11,14-15H,2-4,7-8,12-13H2,1H3,(H,23,26). The normalized spacial score (nSPS) is 19.8. The number of hydrogen-bond acceptors (Lipinski definition) is 3. The summed E-state index contributed by atoms with van der Waals surface area (Å²) in [7, 11) is 1.91. The van der Waals surface area contributed by atoms with Crippen LogP contribution >= 0.6 is 11.6 Å². The fraction of sp³-hybridized carbons (Fsp3) is 0.500. The summed E-state index contributed by atoms with van der Waals surface area (Å²) in [6.07, 6.45) is 8.58. The lowest BCUT2D eigenvalue weighted by atomic mass is 9.86. The molecule has 2 aliphatic rings. The Morgan fingerprint density at radius 3 is 2.93 bits per heavy atom. The lowest BCUT2D eigenvalue weighted by Crippen LogP contribution is -2.33. The van der Waals surface area contributed by atoms with Gasteiger partial charge >= 0.3 is 6.03 Å². The molecule has 1 atom stereocenters. The van der Waals surface area contributed by atoms with E-state index in [1.165, 1.54) is 24.8 Å². The van der Waals surface area contributed by atoms with E-state index in [0.29, 0.717) is 41.4 Å². The molecule has 1 aliphatic heterocycles. The Hall–Kier alpha value is -2.21. The lowest BCUT2D eigenvalue weighted by molar-refractivity contribution is 0.181.